The van der Waals surface area contributed by atoms with Crippen LogP contribution in [-0.4, -0.2) is 15.0 Å². The van der Waals surface area contributed by atoms with E-state index >= 15 is 0 Å². The van der Waals surface area contributed by atoms with Gasteiger partial charge in [0, 0.05) is 12.3 Å². The first-order valence-electron chi connectivity index (χ1n) is 5.65. The molecular formula is C11H18N4. The highest BCUT2D eigenvalue weighted by molar-refractivity contribution is 5.19. The quantitative estimate of drug-likeness (QED) is 0.817. The molecule has 2 N–H and O–H groups in total. The molecule has 0 bridgehead atoms. The van der Waals surface area contributed by atoms with Crippen LogP contribution in [0.3, 0.4) is 0 Å². The lowest BCUT2D eigenvalue weighted by Crippen LogP contribution is -2.07. The second kappa shape index (κ2) is 4.13. The third-order valence-corrected chi connectivity index (χ3v) is 2.60. The van der Waals surface area contributed by atoms with Crippen molar-refractivity contribution >= 4 is 5.95 Å². The van der Waals surface area contributed by atoms with Gasteiger partial charge in [0.15, 0.2) is 0 Å². The van der Waals surface area contributed by atoms with Crippen LogP contribution in [0.15, 0.2) is 0 Å². The van der Waals surface area contributed by atoms with Crippen molar-refractivity contribution in [3.8, 4) is 0 Å². The topological polar surface area (TPSA) is 64.7 Å². The third-order valence-electron chi connectivity index (χ3n) is 2.60. The van der Waals surface area contributed by atoms with Gasteiger partial charge in [0.2, 0.25) is 5.95 Å². The van der Waals surface area contributed by atoms with Gasteiger partial charge in [0.1, 0.15) is 11.6 Å². The minimum Gasteiger partial charge on any atom is -0.368 e. The van der Waals surface area contributed by atoms with Crippen molar-refractivity contribution in [3.05, 3.63) is 11.6 Å². The number of aryl methyl sites for hydroxylation is 1. The summed E-state index contributed by atoms with van der Waals surface area (Å²) < 4.78 is 0. The van der Waals surface area contributed by atoms with Gasteiger partial charge in [-0.05, 0) is 25.2 Å². The summed E-state index contributed by atoms with van der Waals surface area (Å²) in [6.45, 7) is 4.40. The van der Waals surface area contributed by atoms with E-state index in [4.69, 9.17) is 5.73 Å². The highest BCUT2D eigenvalue weighted by Gasteiger charge is 2.27. The first-order valence-corrected chi connectivity index (χ1v) is 5.65. The number of hydrogen-bond acceptors (Lipinski definition) is 4. The Morgan fingerprint density at radius 3 is 2.60 bits per heavy atom. The Morgan fingerprint density at radius 1 is 1.27 bits per heavy atom. The van der Waals surface area contributed by atoms with E-state index in [0.717, 1.165) is 24.5 Å². The van der Waals surface area contributed by atoms with E-state index in [0.29, 0.717) is 17.8 Å². The van der Waals surface area contributed by atoms with Crippen LogP contribution < -0.4 is 5.73 Å². The van der Waals surface area contributed by atoms with E-state index in [1.54, 1.807) is 0 Å². The molecule has 0 aliphatic heterocycles. The van der Waals surface area contributed by atoms with Crippen molar-refractivity contribution in [1.82, 2.24) is 15.0 Å². The van der Waals surface area contributed by atoms with E-state index in [9.17, 15) is 0 Å². The zero-order valence-electron chi connectivity index (χ0n) is 9.40. The summed E-state index contributed by atoms with van der Waals surface area (Å²) in [5, 5.41) is 0. The zero-order chi connectivity index (χ0) is 10.8. The maximum atomic E-state index is 5.67. The molecule has 1 aliphatic rings. The molecule has 0 amide bonds. The Balaban J connectivity index is 2.09. The normalized spacial score (nSPS) is 15.9. The molecule has 0 unspecified atom stereocenters. The number of nitrogens with zero attached hydrogens (tertiary/aromatic N) is 3. The van der Waals surface area contributed by atoms with Crippen LogP contribution in [0.5, 0.6) is 0 Å². The molecule has 4 heteroatoms. The monoisotopic (exact) mass is 206 g/mol. The van der Waals surface area contributed by atoms with Gasteiger partial charge in [-0.15, -0.1) is 0 Å². The van der Waals surface area contributed by atoms with Crippen molar-refractivity contribution in [2.24, 2.45) is 5.92 Å². The molecule has 1 saturated carbocycles. The predicted molar refractivity (Wildman–Crippen MR) is 59.4 cm³/mol. The van der Waals surface area contributed by atoms with Crippen LogP contribution in [0, 0.1) is 5.92 Å². The standard InChI is InChI=1S/C11H18N4/c1-7(2)3-6-9-13-10(8-4-5-8)15-11(12)14-9/h7-8H,3-6H2,1-2H3,(H2,12,13,14,15). The summed E-state index contributed by atoms with van der Waals surface area (Å²) in [5.41, 5.74) is 5.67. The lowest BCUT2D eigenvalue weighted by Gasteiger charge is -2.05. The number of hydrogen-bond donors (Lipinski definition) is 1. The molecular weight excluding hydrogens is 188 g/mol. The summed E-state index contributed by atoms with van der Waals surface area (Å²) >= 11 is 0. The van der Waals surface area contributed by atoms with E-state index in [-0.39, 0.29) is 0 Å². The Hall–Kier alpha value is -1.19. The smallest absolute Gasteiger partial charge is 0.223 e. The van der Waals surface area contributed by atoms with Gasteiger partial charge in [-0.25, -0.2) is 4.98 Å². The third kappa shape index (κ3) is 2.88. The van der Waals surface area contributed by atoms with Crippen LogP contribution in [0.1, 0.15) is 50.7 Å². The molecule has 0 atom stereocenters. The molecule has 2 rings (SSSR count). The SMILES string of the molecule is CC(C)CCc1nc(N)nc(C2CC2)n1. The lowest BCUT2D eigenvalue weighted by molar-refractivity contribution is 0.572. The molecule has 0 radical (unpaired) electrons. The molecule has 1 fully saturated rings. The van der Waals surface area contributed by atoms with E-state index in [2.05, 4.69) is 28.8 Å². The van der Waals surface area contributed by atoms with Crippen LogP contribution in [-0.2, 0) is 6.42 Å². The summed E-state index contributed by atoms with van der Waals surface area (Å²) in [7, 11) is 0. The maximum Gasteiger partial charge on any atom is 0.223 e. The molecule has 4 nitrogen and oxygen atoms in total. The van der Waals surface area contributed by atoms with E-state index in [1.807, 2.05) is 0 Å². The van der Waals surface area contributed by atoms with Crippen molar-refractivity contribution in [1.29, 1.82) is 0 Å². The molecule has 0 saturated heterocycles. The van der Waals surface area contributed by atoms with Crippen molar-refractivity contribution in [3.63, 3.8) is 0 Å². The minimum absolute atomic E-state index is 0.380. The zero-order valence-corrected chi connectivity index (χ0v) is 9.40. The fraction of sp³-hybridized carbons (Fsp3) is 0.727. The van der Waals surface area contributed by atoms with Gasteiger partial charge in [0.25, 0.3) is 0 Å². The molecule has 0 spiro atoms. The number of rotatable bonds is 4. The molecule has 82 valence electrons. The summed E-state index contributed by atoms with van der Waals surface area (Å²) in [6.07, 6.45) is 4.41. The second-order valence-corrected chi connectivity index (χ2v) is 4.67. The molecule has 0 aromatic carbocycles. The second-order valence-electron chi connectivity index (χ2n) is 4.67. The van der Waals surface area contributed by atoms with E-state index < -0.39 is 0 Å². The van der Waals surface area contributed by atoms with Crippen molar-refractivity contribution < 1.29 is 0 Å². The van der Waals surface area contributed by atoms with E-state index in [1.165, 1.54) is 12.8 Å². The van der Waals surface area contributed by atoms with Crippen LogP contribution >= 0.6 is 0 Å². The number of nitrogens with two attached hydrogens (primary N) is 1. The fourth-order valence-corrected chi connectivity index (χ4v) is 1.51. The highest BCUT2D eigenvalue weighted by Crippen LogP contribution is 2.38. The molecule has 1 aromatic heterocycles. The first-order chi connectivity index (χ1) is 7.15. The van der Waals surface area contributed by atoms with Crippen LogP contribution in [0.2, 0.25) is 0 Å². The minimum atomic E-state index is 0.380. The first kappa shape index (κ1) is 10.3. The highest BCUT2D eigenvalue weighted by atomic mass is 15.1. The summed E-state index contributed by atoms with van der Waals surface area (Å²) in [4.78, 5) is 12.8. The largest absolute Gasteiger partial charge is 0.368 e. The molecule has 1 aromatic rings. The summed E-state index contributed by atoms with van der Waals surface area (Å²) in [5.74, 6) is 3.37. The Kier molecular flexibility index (Phi) is 2.84. The van der Waals surface area contributed by atoms with Crippen LogP contribution in [0.4, 0.5) is 5.95 Å². The van der Waals surface area contributed by atoms with Crippen LogP contribution in [0.25, 0.3) is 0 Å². The Bertz CT molecular complexity index is 344. The number of nitrogen functional groups attached to an aromatic ring is 1. The van der Waals surface area contributed by atoms with Gasteiger partial charge in [-0.3, -0.25) is 0 Å². The van der Waals surface area contributed by atoms with Gasteiger partial charge >= 0.3 is 0 Å². The number of anilines is 1. The average Bonchev–Trinajstić information content (AvgIpc) is 2.97. The van der Waals surface area contributed by atoms with Gasteiger partial charge in [0.05, 0.1) is 0 Å². The Labute approximate surface area is 90.3 Å². The van der Waals surface area contributed by atoms with Gasteiger partial charge in [-0.2, -0.15) is 9.97 Å². The van der Waals surface area contributed by atoms with Gasteiger partial charge in [-0.1, -0.05) is 13.8 Å². The molecule has 15 heavy (non-hydrogen) atoms. The number of aromatic nitrogens is 3. The maximum absolute atomic E-state index is 5.67. The predicted octanol–water partition coefficient (Wildman–Crippen LogP) is 1.92. The molecule has 1 aliphatic carbocycles. The lowest BCUT2D eigenvalue weighted by atomic mass is 10.1. The average molecular weight is 206 g/mol. The van der Waals surface area contributed by atoms with Crippen molar-refractivity contribution in [2.75, 3.05) is 5.73 Å². The van der Waals surface area contributed by atoms with Gasteiger partial charge < -0.3 is 5.73 Å². The molecule has 1 heterocycles. The van der Waals surface area contributed by atoms with Crippen molar-refractivity contribution in [2.45, 2.75) is 45.4 Å². The summed E-state index contributed by atoms with van der Waals surface area (Å²) in [6, 6.07) is 0. The Morgan fingerprint density at radius 2 is 2.00 bits per heavy atom. The fourth-order valence-electron chi connectivity index (χ4n) is 1.51.